The molecule has 0 saturated heterocycles. The molecule has 0 spiro atoms. The van der Waals surface area contributed by atoms with E-state index in [1.54, 1.807) is 42.5 Å². The third-order valence-electron chi connectivity index (χ3n) is 2.54. The Bertz CT molecular complexity index is 552. The predicted octanol–water partition coefficient (Wildman–Crippen LogP) is 2.98. The Morgan fingerprint density at radius 3 is 2.44 bits per heavy atom. The molecule has 0 unspecified atom stereocenters. The number of carbonyl (C=O) groups is 1. The second-order valence-corrected chi connectivity index (χ2v) is 4.25. The monoisotopic (exact) mass is 261 g/mol. The first kappa shape index (κ1) is 12.5. The minimum absolute atomic E-state index is 0.175. The highest BCUT2D eigenvalue weighted by Crippen LogP contribution is 2.15. The van der Waals surface area contributed by atoms with Crippen molar-refractivity contribution in [2.75, 3.05) is 0 Å². The molecular weight excluding hydrogens is 250 g/mol. The van der Waals surface area contributed by atoms with Gasteiger partial charge in [0.25, 0.3) is 5.91 Å². The van der Waals surface area contributed by atoms with E-state index in [-0.39, 0.29) is 18.2 Å². The number of nitrogens with one attached hydrogen (secondary N) is 1. The number of benzene rings is 2. The van der Waals surface area contributed by atoms with Crippen LogP contribution in [0, 0.1) is 0 Å². The summed E-state index contributed by atoms with van der Waals surface area (Å²) in [6.45, 7) is 0.286. The summed E-state index contributed by atoms with van der Waals surface area (Å²) in [7, 11) is 0. The largest absolute Gasteiger partial charge is 0.508 e. The van der Waals surface area contributed by atoms with Gasteiger partial charge in [-0.25, -0.2) is 0 Å². The summed E-state index contributed by atoms with van der Waals surface area (Å²) in [6, 6.07) is 13.5. The molecule has 0 aromatic heterocycles. The molecule has 1 amide bonds. The number of halogens is 1. The van der Waals surface area contributed by atoms with Crippen LogP contribution in [0.1, 0.15) is 15.9 Å². The lowest BCUT2D eigenvalue weighted by molar-refractivity contribution is 0.0951. The maximum absolute atomic E-state index is 11.8. The molecule has 0 fully saturated rings. The highest BCUT2D eigenvalue weighted by atomic mass is 35.5. The Morgan fingerprint density at radius 1 is 1.11 bits per heavy atom. The molecule has 2 aromatic rings. The zero-order valence-corrected chi connectivity index (χ0v) is 10.3. The van der Waals surface area contributed by atoms with Crippen molar-refractivity contribution in [3.05, 3.63) is 64.7 Å². The highest BCUT2D eigenvalue weighted by molar-refractivity contribution is 6.30. The summed E-state index contributed by atoms with van der Waals surface area (Å²) in [5.41, 5.74) is 1.22. The summed E-state index contributed by atoms with van der Waals surface area (Å²) in [6.07, 6.45) is 0. The number of carbonyl (C=O) groups excluding carboxylic acids is 1. The minimum atomic E-state index is -0.199. The van der Waals surface area contributed by atoms with E-state index < -0.39 is 0 Å². The van der Waals surface area contributed by atoms with Gasteiger partial charge >= 0.3 is 0 Å². The minimum Gasteiger partial charge on any atom is -0.508 e. The zero-order chi connectivity index (χ0) is 13.0. The van der Waals surface area contributed by atoms with Gasteiger partial charge in [0, 0.05) is 22.7 Å². The second kappa shape index (κ2) is 5.56. The molecule has 0 saturated carbocycles. The number of para-hydroxylation sites is 1. The smallest absolute Gasteiger partial charge is 0.251 e. The van der Waals surface area contributed by atoms with E-state index in [2.05, 4.69) is 5.32 Å². The topological polar surface area (TPSA) is 49.3 Å². The molecule has 0 aliphatic rings. The van der Waals surface area contributed by atoms with Gasteiger partial charge in [-0.15, -0.1) is 0 Å². The zero-order valence-electron chi connectivity index (χ0n) is 9.56. The van der Waals surface area contributed by atoms with Crippen LogP contribution in [0.2, 0.25) is 5.02 Å². The van der Waals surface area contributed by atoms with Crippen molar-refractivity contribution < 1.29 is 9.90 Å². The quantitative estimate of drug-likeness (QED) is 0.892. The summed E-state index contributed by atoms with van der Waals surface area (Å²) in [5, 5.41) is 12.9. The van der Waals surface area contributed by atoms with Crippen molar-refractivity contribution in [2.24, 2.45) is 0 Å². The van der Waals surface area contributed by atoms with Crippen molar-refractivity contribution in [3.63, 3.8) is 0 Å². The van der Waals surface area contributed by atoms with E-state index in [0.717, 1.165) is 0 Å². The van der Waals surface area contributed by atoms with Gasteiger partial charge in [0.1, 0.15) is 5.75 Å². The van der Waals surface area contributed by atoms with Crippen LogP contribution in [0.4, 0.5) is 0 Å². The average Bonchev–Trinajstić information content (AvgIpc) is 2.38. The molecule has 92 valence electrons. The Balaban J connectivity index is 2.01. The molecule has 0 radical (unpaired) electrons. The highest BCUT2D eigenvalue weighted by Gasteiger charge is 2.06. The van der Waals surface area contributed by atoms with Crippen molar-refractivity contribution in [1.29, 1.82) is 0 Å². The number of hydrogen-bond acceptors (Lipinski definition) is 2. The molecule has 4 heteroatoms. The fourth-order valence-corrected chi connectivity index (χ4v) is 1.67. The van der Waals surface area contributed by atoms with E-state index in [9.17, 15) is 9.90 Å². The Hall–Kier alpha value is -2.00. The molecule has 3 nitrogen and oxygen atoms in total. The molecule has 18 heavy (non-hydrogen) atoms. The van der Waals surface area contributed by atoms with Gasteiger partial charge < -0.3 is 10.4 Å². The normalized spacial score (nSPS) is 10.1. The first-order chi connectivity index (χ1) is 8.66. The summed E-state index contributed by atoms with van der Waals surface area (Å²) < 4.78 is 0. The van der Waals surface area contributed by atoms with Gasteiger partial charge in [-0.1, -0.05) is 29.8 Å². The van der Waals surface area contributed by atoms with E-state index in [1.807, 2.05) is 6.07 Å². The number of rotatable bonds is 3. The SMILES string of the molecule is O=C(NCc1ccccc1O)c1ccc(Cl)cc1. The Labute approximate surface area is 110 Å². The molecule has 2 N–H and O–H groups in total. The van der Waals surface area contributed by atoms with Crippen LogP contribution in [0.25, 0.3) is 0 Å². The Kier molecular flexibility index (Phi) is 3.85. The van der Waals surface area contributed by atoms with Crippen LogP contribution in [0.3, 0.4) is 0 Å². The first-order valence-electron chi connectivity index (χ1n) is 5.47. The fourth-order valence-electron chi connectivity index (χ4n) is 1.54. The van der Waals surface area contributed by atoms with Crippen LogP contribution in [0.15, 0.2) is 48.5 Å². The molecule has 0 heterocycles. The van der Waals surface area contributed by atoms with Gasteiger partial charge in [-0.2, -0.15) is 0 Å². The first-order valence-corrected chi connectivity index (χ1v) is 5.85. The van der Waals surface area contributed by atoms with Crippen molar-refractivity contribution in [1.82, 2.24) is 5.32 Å². The van der Waals surface area contributed by atoms with Crippen LogP contribution >= 0.6 is 11.6 Å². The van der Waals surface area contributed by atoms with Crippen molar-refractivity contribution in [3.8, 4) is 5.75 Å². The predicted molar refractivity (Wildman–Crippen MR) is 70.7 cm³/mol. The molecule has 0 aliphatic carbocycles. The molecule has 0 atom stereocenters. The van der Waals surface area contributed by atoms with E-state index in [0.29, 0.717) is 16.1 Å². The molecular formula is C14H12ClNO2. The molecule has 2 aromatic carbocycles. The average molecular weight is 262 g/mol. The van der Waals surface area contributed by atoms with Gasteiger partial charge in [0.2, 0.25) is 0 Å². The fraction of sp³-hybridized carbons (Fsp3) is 0.0714. The maximum Gasteiger partial charge on any atom is 0.251 e. The maximum atomic E-state index is 11.8. The number of hydrogen-bond donors (Lipinski definition) is 2. The number of amides is 1. The third-order valence-corrected chi connectivity index (χ3v) is 2.79. The van der Waals surface area contributed by atoms with Crippen LogP contribution in [0.5, 0.6) is 5.75 Å². The lowest BCUT2D eigenvalue weighted by Gasteiger charge is -2.07. The summed E-state index contributed by atoms with van der Waals surface area (Å²) >= 11 is 5.75. The molecule has 0 bridgehead atoms. The van der Waals surface area contributed by atoms with Crippen molar-refractivity contribution in [2.45, 2.75) is 6.54 Å². The van der Waals surface area contributed by atoms with Crippen LogP contribution in [-0.2, 0) is 6.54 Å². The van der Waals surface area contributed by atoms with E-state index in [4.69, 9.17) is 11.6 Å². The van der Waals surface area contributed by atoms with Crippen molar-refractivity contribution >= 4 is 17.5 Å². The molecule has 2 rings (SSSR count). The molecule has 0 aliphatic heterocycles. The third kappa shape index (κ3) is 3.02. The van der Waals surface area contributed by atoms with Gasteiger partial charge in [-0.3, -0.25) is 4.79 Å². The number of aromatic hydroxyl groups is 1. The van der Waals surface area contributed by atoms with Gasteiger partial charge in [-0.05, 0) is 30.3 Å². The van der Waals surface area contributed by atoms with E-state index >= 15 is 0 Å². The summed E-state index contributed by atoms with van der Waals surface area (Å²) in [4.78, 5) is 11.8. The van der Waals surface area contributed by atoms with Gasteiger partial charge in [0.05, 0.1) is 0 Å². The Morgan fingerprint density at radius 2 is 1.78 bits per heavy atom. The number of phenolic OH excluding ortho intramolecular Hbond substituents is 1. The summed E-state index contributed by atoms with van der Waals surface area (Å²) in [5.74, 6) is -0.0242. The van der Waals surface area contributed by atoms with Crippen LogP contribution in [-0.4, -0.2) is 11.0 Å². The van der Waals surface area contributed by atoms with Crippen LogP contribution < -0.4 is 5.32 Å². The standard InChI is InChI=1S/C14H12ClNO2/c15-12-7-5-10(6-8-12)14(18)16-9-11-3-1-2-4-13(11)17/h1-8,17H,9H2,(H,16,18). The van der Waals surface area contributed by atoms with Gasteiger partial charge in [0.15, 0.2) is 0 Å². The lowest BCUT2D eigenvalue weighted by atomic mass is 10.2. The second-order valence-electron chi connectivity index (χ2n) is 3.82. The van der Waals surface area contributed by atoms with E-state index in [1.165, 1.54) is 0 Å². The number of phenols is 1. The lowest BCUT2D eigenvalue weighted by Crippen LogP contribution is -2.22.